The van der Waals surface area contributed by atoms with Crippen LogP contribution < -0.4 is 16.0 Å². The van der Waals surface area contributed by atoms with Gasteiger partial charge < -0.3 is 20.7 Å². The van der Waals surface area contributed by atoms with Crippen molar-refractivity contribution in [3.05, 3.63) is 29.8 Å². The van der Waals surface area contributed by atoms with E-state index >= 15 is 0 Å². The number of nitrogens with two attached hydrogens (primary N) is 1. The Morgan fingerprint density at radius 1 is 1.50 bits per heavy atom. The lowest BCUT2D eigenvalue weighted by Gasteiger charge is -2.44. The van der Waals surface area contributed by atoms with Crippen LogP contribution in [0, 0.1) is 0 Å². The molecule has 1 fully saturated rings. The SMILES string of the molecule is CC1(C)CN(c2ccccc2CN)C(C=O)CN1. The highest BCUT2D eigenvalue weighted by molar-refractivity contribution is 5.69. The highest BCUT2D eigenvalue weighted by Gasteiger charge is 2.33. The molecule has 0 saturated carbocycles. The molecule has 1 aliphatic rings. The van der Waals surface area contributed by atoms with Crippen LogP contribution in [0.2, 0.25) is 0 Å². The average Bonchev–Trinajstić information content (AvgIpc) is 2.37. The Kier molecular flexibility index (Phi) is 3.68. The molecule has 3 N–H and O–H groups in total. The van der Waals surface area contributed by atoms with Gasteiger partial charge in [-0.1, -0.05) is 18.2 Å². The number of piperazine rings is 1. The van der Waals surface area contributed by atoms with Crippen molar-refractivity contribution >= 4 is 12.0 Å². The molecule has 4 nitrogen and oxygen atoms in total. The number of carbonyl (C=O) groups is 1. The molecule has 1 saturated heterocycles. The summed E-state index contributed by atoms with van der Waals surface area (Å²) in [7, 11) is 0. The number of para-hydroxylation sites is 1. The van der Waals surface area contributed by atoms with E-state index in [1.807, 2.05) is 24.3 Å². The van der Waals surface area contributed by atoms with E-state index in [4.69, 9.17) is 5.73 Å². The summed E-state index contributed by atoms with van der Waals surface area (Å²) in [5.74, 6) is 0. The van der Waals surface area contributed by atoms with Crippen molar-refractivity contribution in [2.75, 3.05) is 18.0 Å². The monoisotopic (exact) mass is 247 g/mol. The van der Waals surface area contributed by atoms with Crippen molar-refractivity contribution in [3.8, 4) is 0 Å². The van der Waals surface area contributed by atoms with E-state index in [2.05, 4.69) is 24.1 Å². The zero-order valence-corrected chi connectivity index (χ0v) is 11.0. The van der Waals surface area contributed by atoms with Gasteiger partial charge in [0.2, 0.25) is 0 Å². The summed E-state index contributed by atoms with van der Waals surface area (Å²) in [6, 6.07) is 7.91. The Morgan fingerprint density at radius 2 is 2.22 bits per heavy atom. The summed E-state index contributed by atoms with van der Waals surface area (Å²) in [6.45, 7) is 6.26. The van der Waals surface area contributed by atoms with Crippen LogP contribution in [0.5, 0.6) is 0 Å². The third-order valence-corrected chi connectivity index (χ3v) is 3.43. The van der Waals surface area contributed by atoms with Crippen LogP contribution >= 0.6 is 0 Å². The zero-order chi connectivity index (χ0) is 13.2. The summed E-state index contributed by atoms with van der Waals surface area (Å²) in [5, 5.41) is 3.39. The smallest absolute Gasteiger partial charge is 0.143 e. The van der Waals surface area contributed by atoms with Gasteiger partial charge in [-0.2, -0.15) is 0 Å². The first-order valence-corrected chi connectivity index (χ1v) is 6.32. The lowest BCUT2D eigenvalue weighted by Crippen LogP contribution is -2.62. The molecule has 1 atom stereocenters. The predicted octanol–water partition coefficient (Wildman–Crippen LogP) is 0.901. The van der Waals surface area contributed by atoms with Gasteiger partial charge in [0.15, 0.2) is 0 Å². The highest BCUT2D eigenvalue weighted by atomic mass is 16.1. The third kappa shape index (κ3) is 2.54. The Morgan fingerprint density at radius 3 is 2.89 bits per heavy atom. The maximum atomic E-state index is 11.2. The molecular formula is C14H21N3O. The Labute approximate surface area is 108 Å². The van der Waals surface area contributed by atoms with Gasteiger partial charge in [0.1, 0.15) is 6.29 Å². The number of anilines is 1. The van der Waals surface area contributed by atoms with Gasteiger partial charge in [0, 0.05) is 30.9 Å². The van der Waals surface area contributed by atoms with E-state index in [9.17, 15) is 4.79 Å². The lowest BCUT2D eigenvalue weighted by molar-refractivity contribution is -0.109. The van der Waals surface area contributed by atoms with Gasteiger partial charge in [0.05, 0.1) is 6.04 Å². The van der Waals surface area contributed by atoms with Crippen LogP contribution in [0.3, 0.4) is 0 Å². The molecule has 0 spiro atoms. The molecule has 1 unspecified atom stereocenters. The molecule has 0 aliphatic carbocycles. The molecule has 1 aliphatic heterocycles. The van der Waals surface area contributed by atoms with E-state index in [-0.39, 0.29) is 11.6 Å². The van der Waals surface area contributed by atoms with Gasteiger partial charge in [-0.05, 0) is 25.5 Å². The van der Waals surface area contributed by atoms with Gasteiger partial charge in [-0.3, -0.25) is 0 Å². The second kappa shape index (κ2) is 5.08. The van der Waals surface area contributed by atoms with Crippen LogP contribution in [0.25, 0.3) is 0 Å². The minimum Gasteiger partial charge on any atom is -0.358 e. The maximum absolute atomic E-state index is 11.2. The topological polar surface area (TPSA) is 58.4 Å². The zero-order valence-electron chi connectivity index (χ0n) is 11.0. The van der Waals surface area contributed by atoms with Crippen LogP contribution in [-0.2, 0) is 11.3 Å². The molecule has 1 aromatic rings. The molecule has 2 rings (SSSR count). The van der Waals surface area contributed by atoms with Crippen molar-refractivity contribution in [2.24, 2.45) is 5.73 Å². The fraction of sp³-hybridized carbons (Fsp3) is 0.500. The lowest BCUT2D eigenvalue weighted by atomic mass is 9.97. The first-order valence-electron chi connectivity index (χ1n) is 6.32. The third-order valence-electron chi connectivity index (χ3n) is 3.43. The normalized spacial score (nSPS) is 22.8. The van der Waals surface area contributed by atoms with Crippen molar-refractivity contribution in [3.63, 3.8) is 0 Å². The van der Waals surface area contributed by atoms with Gasteiger partial charge in [0.25, 0.3) is 0 Å². The number of hydrogen-bond donors (Lipinski definition) is 2. The molecule has 0 radical (unpaired) electrons. The highest BCUT2D eigenvalue weighted by Crippen LogP contribution is 2.26. The molecule has 18 heavy (non-hydrogen) atoms. The van der Waals surface area contributed by atoms with Gasteiger partial charge in [-0.25, -0.2) is 0 Å². The number of nitrogens with zero attached hydrogens (tertiary/aromatic N) is 1. The number of carbonyl (C=O) groups excluding carboxylic acids is 1. The largest absolute Gasteiger partial charge is 0.358 e. The van der Waals surface area contributed by atoms with Gasteiger partial charge >= 0.3 is 0 Å². The summed E-state index contributed by atoms with van der Waals surface area (Å²) in [4.78, 5) is 13.4. The molecule has 98 valence electrons. The van der Waals surface area contributed by atoms with E-state index in [0.29, 0.717) is 13.1 Å². The Hall–Kier alpha value is -1.39. The van der Waals surface area contributed by atoms with E-state index < -0.39 is 0 Å². The maximum Gasteiger partial charge on any atom is 0.143 e. The van der Waals surface area contributed by atoms with Crippen LogP contribution in [0.15, 0.2) is 24.3 Å². The Bertz CT molecular complexity index is 431. The number of nitrogens with one attached hydrogen (secondary N) is 1. The van der Waals surface area contributed by atoms with Crippen molar-refractivity contribution in [2.45, 2.75) is 32.0 Å². The molecule has 0 aromatic heterocycles. The van der Waals surface area contributed by atoms with Gasteiger partial charge in [-0.15, -0.1) is 0 Å². The second-order valence-corrected chi connectivity index (χ2v) is 5.43. The fourth-order valence-corrected chi connectivity index (χ4v) is 2.44. The number of aldehydes is 1. The Balaban J connectivity index is 2.35. The predicted molar refractivity (Wildman–Crippen MR) is 73.6 cm³/mol. The molecule has 1 heterocycles. The standard InChI is InChI=1S/C14H21N3O/c1-14(2)10-17(12(9-18)8-16-14)13-6-4-3-5-11(13)7-15/h3-6,9,12,16H,7-8,10,15H2,1-2H3. The van der Waals surface area contributed by atoms with Crippen molar-refractivity contribution in [1.29, 1.82) is 0 Å². The molecule has 0 bridgehead atoms. The van der Waals surface area contributed by atoms with E-state index in [1.165, 1.54) is 0 Å². The number of benzene rings is 1. The molecular weight excluding hydrogens is 226 g/mol. The van der Waals surface area contributed by atoms with Crippen LogP contribution in [-0.4, -0.2) is 31.0 Å². The fourth-order valence-electron chi connectivity index (χ4n) is 2.44. The number of rotatable bonds is 3. The molecule has 4 heteroatoms. The number of hydrogen-bond acceptors (Lipinski definition) is 4. The molecule has 1 aromatic carbocycles. The quantitative estimate of drug-likeness (QED) is 0.779. The van der Waals surface area contributed by atoms with Crippen molar-refractivity contribution in [1.82, 2.24) is 5.32 Å². The van der Waals surface area contributed by atoms with Crippen molar-refractivity contribution < 1.29 is 4.79 Å². The van der Waals surface area contributed by atoms with E-state index in [1.54, 1.807) is 0 Å². The minimum atomic E-state index is -0.120. The summed E-state index contributed by atoms with van der Waals surface area (Å²) in [5.41, 5.74) is 7.94. The van der Waals surface area contributed by atoms with Crippen LogP contribution in [0.4, 0.5) is 5.69 Å². The average molecular weight is 247 g/mol. The summed E-state index contributed by atoms with van der Waals surface area (Å²) >= 11 is 0. The minimum absolute atomic E-state index is 0.00121. The van der Waals surface area contributed by atoms with Crippen LogP contribution in [0.1, 0.15) is 19.4 Å². The van der Waals surface area contributed by atoms with E-state index in [0.717, 1.165) is 24.1 Å². The molecule has 0 amide bonds. The first-order chi connectivity index (χ1) is 8.57. The second-order valence-electron chi connectivity index (χ2n) is 5.43. The summed E-state index contributed by atoms with van der Waals surface area (Å²) < 4.78 is 0. The summed E-state index contributed by atoms with van der Waals surface area (Å²) in [6.07, 6.45) is 1.01. The first kappa shape index (κ1) is 13.1.